The minimum atomic E-state index is 0.0993. The predicted molar refractivity (Wildman–Crippen MR) is 58.3 cm³/mol. The average molecular weight is 216 g/mol. The Bertz CT molecular complexity index is 296. The van der Waals surface area contributed by atoms with Crippen LogP contribution in [0.5, 0.6) is 0 Å². The molecule has 0 spiro atoms. The summed E-state index contributed by atoms with van der Waals surface area (Å²) in [5.41, 5.74) is 2.37. The van der Waals surface area contributed by atoms with Crippen molar-refractivity contribution in [2.75, 3.05) is 0 Å². The zero-order valence-electron chi connectivity index (χ0n) is 7.50. The summed E-state index contributed by atoms with van der Waals surface area (Å²) in [5, 5.41) is 4.44. The van der Waals surface area contributed by atoms with Crippen molar-refractivity contribution in [1.29, 1.82) is 0 Å². The van der Waals surface area contributed by atoms with Crippen LogP contribution >= 0.6 is 23.6 Å². The van der Waals surface area contributed by atoms with E-state index in [0.29, 0.717) is 5.11 Å². The van der Waals surface area contributed by atoms with E-state index in [2.05, 4.69) is 15.7 Å². The van der Waals surface area contributed by atoms with E-state index >= 15 is 0 Å². The zero-order valence-corrected chi connectivity index (χ0v) is 9.13. The number of hydrazine groups is 1. The summed E-state index contributed by atoms with van der Waals surface area (Å²) in [4.78, 5) is 5.42. The second-order valence-electron chi connectivity index (χ2n) is 2.65. The maximum atomic E-state index is 5.13. The molecule has 13 heavy (non-hydrogen) atoms. The van der Waals surface area contributed by atoms with Gasteiger partial charge in [0.15, 0.2) is 5.11 Å². The van der Waals surface area contributed by atoms with E-state index in [1.54, 1.807) is 11.3 Å². The molecule has 0 aliphatic carbocycles. The fraction of sp³-hybridized carbons (Fsp3) is 0.429. The van der Waals surface area contributed by atoms with Gasteiger partial charge in [-0.15, -0.1) is 11.3 Å². The van der Waals surface area contributed by atoms with E-state index in [0.717, 1.165) is 5.01 Å². The maximum Gasteiger partial charge on any atom is 0.181 e. The number of nitrogens with two attached hydrogens (primary N) is 1. The Morgan fingerprint density at radius 2 is 2.46 bits per heavy atom. The maximum absolute atomic E-state index is 5.13. The molecule has 1 heterocycles. The molecule has 0 aliphatic rings. The van der Waals surface area contributed by atoms with Gasteiger partial charge in [-0.25, -0.2) is 10.8 Å². The van der Waals surface area contributed by atoms with Gasteiger partial charge in [-0.2, -0.15) is 0 Å². The normalized spacial score (nSPS) is 12.2. The molecule has 0 aliphatic heterocycles. The highest BCUT2D eigenvalue weighted by Crippen LogP contribution is 2.18. The molecule has 1 unspecified atom stereocenters. The molecule has 1 aromatic rings. The van der Waals surface area contributed by atoms with Crippen LogP contribution in [0.4, 0.5) is 0 Å². The van der Waals surface area contributed by atoms with Crippen LogP contribution in [0.2, 0.25) is 0 Å². The quantitative estimate of drug-likeness (QED) is 0.389. The Labute approximate surface area is 86.5 Å². The van der Waals surface area contributed by atoms with Gasteiger partial charge in [0.2, 0.25) is 0 Å². The number of hydrogen-bond donors (Lipinski definition) is 3. The topological polar surface area (TPSA) is 63.0 Å². The first-order chi connectivity index (χ1) is 6.13. The second kappa shape index (κ2) is 4.50. The largest absolute Gasteiger partial charge is 0.353 e. The number of hydrogen-bond acceptors (Lipinski definition) is 4. The van der Waals surface area contributed by atoms with E-state index < -0.39 is 0 Å². The molecule has 4 N–H and O–H groups in total. The van der Waals surface area contributed by atoms with Crippen LogP contribution in [0.3, 0.4) is 0 Å². The molecule has 0 aromatic carbocycles. The van der Waals surface area contributed by atoms with Crippen LogP contribution < -0.4 is 16.6 Å². The third-order valence-corrected chi connectivity index (χ3v) is 2.82. The fourth-order valence-corrected chi connectivity index (χ4v) is 1.83. The SMILES string of the molecule is Cc1cnc(C(C)NC(=S)NN)s1. The summed E-state index contributed by atoms with van der Waals surface area (Å²) in [6.07, 6.45) is 1.84. The zero-order chi connectivity index (χ0) is 9.84. The van der Waals surface area contributed by atoms with Crippen molar-refractivity contribution in [3.8, 4) is 0 Å². The summed E-state index contributed by atoms with van der Waals surface area (Å²) < 4.78 is 0. The summed E-state index contributed by atoms with van der Waals surface area (Å²) >= 11 is 6.51. The molecule has 1 aromatic heterocycles. The molecular weight excluding hydrogens is 204 g/mol. The van der Waals surface area contributed by atoms with Crippen LogP contribution in [0.1, 0.15) is 22.9 Å². The molecule has 0 radical (unpaired) electrons. The van der Waals surface area contributed by atoms with Crippen LogP contribution in [-0.4, -0.2) is 10.1 Å². The molecule has 1 atom stereocenters. The highest BCUT2D eigenvalue weighted by Gasteiger charge is 2.09. The number of nitrogens with one attached hydrogen (secondary N) is 2. The van der Waals surface area contributed by atoms with Crippen molar-refractivity contribution in [2.24, 2.45) is 5.84 Å². The average Bonchev–Trinajstić information content (AvgIpc) is 2.51. The summed E-state index contributed by atoms with van der Waals surface area (Å²) in [5.74, 6) is 5.13. The standard InChI is InChI=1S/C7H12N4S2/c1-4-3-9-6(13-4)5(2)10-7(12)11-8/h3,5H,8H2,1-2H3,(H2,10,11,12). The van der Waals surface area contributed by atoms with Crippen LogP contribution in [-0.2, 0) is 0 Å². The molecule has 0 amide bonds. The fourth-order valence-electron chi connectivity index (χ4n) is 0.872. The molecule has 0 saturated carbocycles. The smallest absolute Gasteiger partial charge is 0.181 e. The summed E-state index contributed by atoms with van der Waals surface area (Å²) in [6, 6.07) is 0.0993. The Morgan fingerprint density at radius 3 is 2.92 bits per heavy atom. The molecule has 4 nitrogen and oxygen atoms in total. The molecule has 6 heteroatoms. The van der Waals surface area contributed by atoms with E-state index in [1.807, 2.05) is 20.0 Å². The van der Waals surface area contributed by atoms with Crippen molar-refractivity contribution in [1.82, 2.24) is 15.7 Å². The van der Waals surface area contributed by atoms with Crippen LogP contribution in [0.15, 0.2) is 6.20 Å². The molecule has 1 rings (SSSR count). The lowest BCUT2D eigenvalue weighted by molar-refractivity contribution is 0.697. The van der Waals surface area contributed by atoms with Gasteiger partial charge < -0.3 is 10.7 Å². The number of thiazole rings is 1. The van der Waals surface area contributed by atoms with Crippen molar-refractivity contribution >= 4 is 28.7 Å². The van der Waals surface area contributed by atoms with Crippen LogP contribution in [0, 0.1) is 6.92 Å². The van der Waals surface area contributed by atoms with Gasteiger partial charge in [0.05, 0.1) is 6.04 Å². The van der Waals surface area contributed by atoms with Crippen molar-refractivity contribution in [2.45, 2.75) is 19.9 Å². The first kappa shape index (κ1) is 10.4. The highest BCUT2D eigenvalue weighted by atomic mass is 32.1. The van der Waals surface area contributed by atoms with E-state index in [4.69, 9.17) is 18.1 Å². The Balaban J connectivity index is 2.58. The van der Waals surface area contributed by atoms with Crippen LogP contribution in [0.25, 0.3) is 0 Å². The minimum absolute atomic E-state index is 0.0993. The number of thiocarbonyl (C=S) groups is 1. The first-order valence-corrected chi connectivity index (χ1v) is 5.05. The molecular formula is C7H12N4S2. The third kappa shape index (κ3) is 2.91. The lowest BCUT2D eigenvalue weighted by Crippen LogP contribution is -2.40. The van der Waals surface area contributed by atoms with Gasteiger partial charge in [0, 0.05) is 11.1 Å². The van der Waals surface area contributed by atoms with Gasteiger partial charge in [-0.3, -0.25) is 0 Å². The van der Waals surface area contributed by atoms with Gasteiger partial charge in [0.25, 0.3) is 0 Å². The molecule has 0 fully saturated rings. The molecule has 0 saturated heterocycles. The Morgan fingerprint density at radius 1 is 1.77 bits per heavy atom. The van der Waals surface area contributed by atoms with Gasteiger partial charge >= 0.3 is 0 Å². The van der Waals surface area contributed by atoms with Gasteiger partial charge in [-0.05, 0) is 26.1 Å². The van der Waals surface area contributed by atoms with E-state index in [9.17, 15) is 0 Å². The summed E-state index contributed by atoms with van der Waals surface area (Å²) in [6.45, 7) is 4.01. The molecule has 72 valence electrons. The van der Waals surface area contributed by atoms with E-state index in [-0.39, 0.29) is 6.04 Å². The Hall–Kier alpha value is -0.720. The third-order valence-electron chi connectivity index (χ3n) is 1.49. The molecule has 0 bridgehead atoms. The monoisotopic (exact) mass is 216 g/mol. The van der Waals surface area contributed by atoms with Crippen molar-refractivity contribution in [3.05, 3.63) is 16.1 Å². The predicted octanol–water partition coefficient (Wildman–Crippen LogP) is 0.850. The van der Waals surface area contributed by atoms with Crippen molar-refractivity contribution in [3.63, 3.8) is 0 Å². The van der Waals surface area contributed by atoms with Crippen molar-refractivity contribution < 1.29 is 0 Å². The summed E-state index contributed by atoms with van der Waals surface area (Å²) in [7, 11) is 0. The first-order valence-electron chi connectivity index (χ1n) is 3.83. The van der Waals surface area contributed by atoms with Gasteiger partial charge in [-0.1, -0.05) is 0 Å². The second-order valence-corrected chi connectivity index (χ2v) is 4.32. The van der Waals surface area contributed by atoms with E-state index in [1.165, 1.54) is 4.88 Å². The number of aryl methyl sites for hydroxylation is 1. The minimum Gasteiger partial charge on any atom is -0.353 e. The Kier molecular flexibility index (Phi) is 3.58. The number of nitrogens with zero attached hydrogens (tertiary/aromatic N) is 1. The number of rotatable bonds is 2. The highest BCUT2D eigenvalue weighted by molar-refractivity contribution is 7.80. The lowest BCUT2D eigenvalue weighted by atomic mass is 10.4. The van der Waals surface area contributed by atoms with Gasteiger partial charge in [0.1, 0.15) is 5.01 Å². The lowest BCUT2D eigenvalue weighted by Gasteiger charge is -2.12. The number of aromatic nitrogens is 1.